The van der Waals surface area contributed by atoms with Crippen molar-refractivity contribution in [1.29, 1.82) is 0 Å². The van der Waals surface area contributed by atoms with E-state index >= 15 is 0 Å². The highest BCUT2D eigenvalue weighted by Crippen LogP contribution is 2.26. The number of anilines is 1. The van der Waals surface area contributed by atoms with E-state index in [-0.39, 0.29) is 21.0 Å². The number of amides is 1. The predicted octanol–water partition coefficient (Wildman–Crippen LogP) is 4.96. The second-order valence-electron chi connectivity index (χ2n) is 4.03. The van der Waals surface area contributed by atoms with Crippen molar-refractivity contribution in [2.45, 2.75) is 6.92 Å². The van der Waals surface area contributed by atoms with E-state index in [9.17, 15) is 9.18 Å². The average molecular weight is 422 g/mol. The van der Waals surface area contributed by atoms with Crippen LogP contribution in [0, 0.1) is 12.7 Å². The number of benzene rings is 1. The van der Waals surface area contributed by atoms with Crippen LogP contribution in [0.1, 0.15) is 15.9 Å². The first-order valence-electron chi connectivity index (χ1n) is 5.46. The molecule has 2 aromatic rings. The summed E-state index contributed by atoms with van der Waals surface area (Å²) in [5.41, 5.74) is 1.35. The summed E-state index contributed by atoms with van der Waals surface area (Å²) in [5, 5.41) is 2.78. The van der Waals surface area contributed by atoms with E-state index in [0.29, 0.717) is 15.7 Å². The summed E-state index contributed by atoms with van der Waals surface area (Å²) in [6, 6.07) is 4.40. The molecule has 3 nitrogen and oxygen atoms in total. The van der Waals surface area contributed by atoms with Gasteiger partial charge in [-0.1, -0.05) is 11.6 Å². The Bertz CT molecular complexity index is 694. The minimum absolute atomic E-state index is 0.101. The quantitative estimate of drug-likeness (QED) is 0.695. The van der Waals surface area contributed by atoms with Crippen LogP contribution in [0.25, 0.3) is 0 Å². The van der Waals surface area contributed by atoms with E-state index < -0.39 is 5.91 Å². The summed E-state index contributed by atoms with van der Waals surface area (Å²) in [6.45, 7) is 1.70. The molecule has 0 aliphatic heterocycles. The van der Waals surface area contributed by atoms with Crippen LogP contribution in [0.3, 0.4) is 0 Å². The number of aromatic nitrogens is 1. The van der Waals surface area contributed by atoms with Crippen molar-refractivity contribution >= 4 is 55.1 Å². The van der Waals surface area contributed by atoms with Crippen molar-refractivity contribution in [3.8, 4) is 0 Å². The van der Waals surface area contributed by atoms with Crippen LogP contribution in [-0.4, -0.2) is 10.9 Å². The van der Waals surface area contributed by atoms with E-state index in [4.69, 9.17) is 11.6 Å². The summed E-state index contributed by atoms with van der Waals surface area (Å²) >= 11 is 12.2. The lowest BCUT2D eigenvalue weighted by Crippen LogP contribution is -2.14. The molecule has 0 bridgehead atoms. The minimum atomic E-state index is -0.412. The number of carbonyl (C=O) groups is 1. The van der Waals surface area contributed by atoms with Gasteiger partial charge in [0.05, 0.1) is 10.0 Å². The van der Waals surface area contributed by atoms with E-state index in [1.807, 2.05) is 0 Å². The SMILES string of the molecule is Cc1cc(F)c(Br)cc1NC(=O)c1cc(Br)cnc1Cl. The number of hydrogen-bond acceptors (Lipinski definition) is 2. The molecule has 1 heterocycles. The number of rotatable bonds is 2. The molecule has 1 N–H and O–H groups in total. The van der Waals surface area contributed by atoms with Crippen LogP contribution in [0.5, 0.6) is 0 Å². The van der Waals surface area contributed by atoms with Gasteiger partial charge in [0.25, 0.3) is 5.91 Å². The zero-order chi connectivity index (χ0) is 14.9. The summed E-state index contributed by atoms with van der Waals surface area (Å²) in [7, 11) is 0. The molecule has 0 unspecified atom stereocenters. The Morgan fingerprint density at radius 2 is 2.05 bits per heavy atom. The van der Waals surface area contributed by atoms with Gasteiger partial charge in [-0.2, -0.15) is 0 Å². The monoisotopic (exact) mass is 420 g/mol. The Labute approximate surface area is 136 Å². The Hall–Kier alpha value is -0.980. The molecular weight excluding hydrogens is 414 g/mol. The lowest BCUT2D eigenvalue weighted by atomic mass is 10.2. The molecule has 20 heavy (non-hydrogen) atoms. The topological polar surface area (TPSA) is 42.0 Å². The van der Waals surface area contributed by atoms with Gasteiger partial charge >= 0.3 is 0 Å². The highest BCUT2D eigenvalue weighted by molar-refractivity contribution is 9.10. The first-order valence-corrected chi connectivity index (χ1v) is 7.43. The van der Waals surface area contributed by atoms with E-state index in [0.717, 1.165) is 0 Å². The summed E-state index contributed by atoms with van der Waals surface area (Å²) in [6.07, 6.45) is 1.50. The maximum Gasteiger partial charge on any atom is 0.258 e. The minimum Gasteiger partial charge on any atom is -0.322 e. The average Bonchev–Trinajstić information content (AvgIpc) is 2.38. The van der Waals surface area contributed by atoms with E-state index in [2.05, 4.69) is 42.2 Å². The second kappa shape index (κ2) is 6.20. The summed E-state index contributed by atoms with van der Waals surface area (Å²) < 4.78 is 14.3. The first-order chi connectivity index (χ1) is 9.38. The molecule has 0 atom stereocenters. The largest absolute Gasteiger partial charge is 0.322 e. The predicted molar refractivity (Wildman–Crippen MR) is 83.7 cm³/mol. The molecule has 0 radical (unpaired) electrons. The van der Waals surface area contributed by atoms with Gasteiger partial charge in [-0.05, 0) is 62.5 Å². The van der Waals surface area contributed by atoms with Crippen LogP contribution in [0.2, 0.25) is 5.15 Å². The van der Waals surface area contributed by atoms with Crippen LogP contribution < -0.4 is 5.32 Å². The Morgan fingerprint density at radius 1 is 1.35 bits per heavy atom. The fraction of sp³-hybridized carbons (Fsp3) is 0.0769. The number of hydrogen-bond donors (Lipinski definition) is 1. The molecule has 7 heteroatoms. The molecule has 0 aliphatic rings. The van der Waals surface area contributed by atoms with Crippen molar-refractivity contribution in [1.82, 2.24) is 4.98 Å². The van der Waals surface area contributed by atoms with Gasteiger partial charge in [0.15, 0.2) is 0 Å². The molecule has 104 valence electrons. The van der Waals surface area contributed by atoms with Crippen LogP contribution >= 0.6 is 43.5 Å². The third-order valence-electron chi connectivity index (χ3n) is 2.57. The highest BCUT2D eigenvalue weighted by Gasteiger charge is 2.14. The van der Waals surface area contributed by atoms with Gasteiger partial charge in [0, 0.05) is 16.4 Å². The number of carbonyl (C=O) groups excluding carboxylic acids is 1. The van der Waals surface area contributed by atoms with E-state index in [1.165, 1.54) is 18.3 Å². The number of pyridine rings is 1. The van der Waals surface area contributed by atoms with Gasteiger partial charge < -0.3 is 5.32 Å². The second-order valence-corrected chi connectivity index (χ2v) is 6.16. The van der Waals surface area contributed by atoms with Gasteiger partial charge in [0.1, 0.15) is 11.0 Å². The highest BCUT2D eigenvalue weighted by atomic mass is 79.9. The fourth-order valence-corrected chi connectivity index (χ4v) is 2.42. The zero-order valence-corrected chi connectivity index (χ0v) is 14.1. The fourth-order valence-electron chi connectivity index (χ4n) is 1.55. The van der Waals surface area contributed by atoms with Gasteiger partial charge in [-0.15, -0.1) is 0 Å². The maximum absolute atomic E-state index is 13.3. The molecule has 1 amide bonds. The van der Waals surface area contributed by atoms with Crippen LogP contribution in [-0.2, 0) is 0 Å². The Balaban J connectivity index is 2.32. The maximum atomic E-state index is 13.3. The molecule has 0 saturated carbocycles. The van der Waals surface area contributed by atoms with Crippen molar-refractivity contribution in [3.63, 3.8) is 0 Å². The van der Waals surface area contributed by atoms with Crippen LogP contribution in [0.4, 0.5) is 10.1 Å². The zero-order valence-electron chi connectivity index (χ0n) is 10.2. The number of halogens is 4. The molecule has 0 fully saturated rings. The first kappa shape index (κ1) is 15.4. The number of nitrogens with one attached hydrogen (secondary N) is 1. The summed E-state index contributed by atoms with van der Waals surface area (Å²) in [5.74, 6) is -0.798. The van der Waals surface area contributed by atoms with E-state index in [1.54, 1.807) is 13.0 Å². The summed E-state index contributed by atoms with van der Waals surface area (Å²) in [4.78, 5) is 16.1. The normalized spacial score (nSPS) is 10.4. The van der Waals surface area contributed by atoms with Crippen LogP contribution in [0.15, 0.2) is 33.3 Å². The van der Waals surface area contributed by atoms with Gasteiger partial charge in [-0.3, -0.25) is 4.79 Å². The smallest absolute Gasteiger partial charge is 0.258 e. The van der Waals surface area contributed by atoms with Crippen molar-refractivity contribution < 1.29 is 9.18 Å². The Morgan fingerprint density at radius 3 is 2.75 bits per heavy atom. The lowest BCUT2D eigenvalue weighted by molar-refractivity contribution is 0.102. The lowest BCUT2D eigenvalue weighted by Gasteiger charge is -2.10. The Kier molecular flexibility index (Phi) is 4.78. The molecular formula is C13H8Br2ClFN2O. The van der Waals surface area contributed by atoms with Gasteiger partial charge in [0.2, 0.25) is 0 Å². The van der Waals surface area contributed by atoms with Crippen molar-refractivity contribution in [2.24, 2.45) is 0 Å². The third kappa shape index (κ3) is 3.37. The molecule has 0 aliphatic carbocycles. The molecule has 1 aromatic heterocycles. The molecule has 1 aromatic carbocycles. The molecule has 0 spiro atoms. The van der Waals surface area contributed by atoms with Crippen molar-refractivity contribution in [2.75, 3.05) is 5.32 Å². The number of nitrogens with zero attached hydrogens (tertiary/aromatic N) is 1. The standard InChI is InChI=1S/C13H8Br2ClFN2O/c1-6-2-10(17)9(15)4-11(6)19-13(20)8-3-7(14)5-18-12(8)16/h2-5H,1H3,(H,19,20). The van der Waals surface area contributed by atoms with Gasteiger partial charge in [-0.25, -0.2) is 9.37 Å². The molecule has 2 rings (SSSR count). The third-order valence-corrected chi connectivity index (χ3v) is 3.91. The number of aryl methyl sites for hydroxylation is 1. The molecule has 0 saturated heterocycles. The van der Waals surface area contributed by atoms with Crippen molar-refractivity contribution in [3.05, 3.63) is 55.4 Å².